The van der Waals surface area contributed by atoms with Gasteiger partial charge in [0.1, 0.15) is 0 Å². The van der Waals surface area contributed by atoms with Crippen molar-refractivity contribution in [2.24, 2.45) is 0 Å². The molecular weight excluding hydrogens is 236 g/mol. The summed E-state index contributed by atoms with van der Waals surface area (Å²) >= 11 is 0. The summed E-state index contributed by atoms with van der Waals surface area (Å²) in [5.41, 5.74) is 0. The molecule has 0 aliphatic rings. The highest BCUT2D eigenvalue weighted by molar-refractivity contribution is 5.82. The Kier molecular flexibility index (Phi) is 14.2. The van der Waals surface area contributed by atoms with Gasteiger partial charge in [-0.15, -0.1) is 0 Å². The lowest BCUT2D eigenvalue weighted by atomic mass is 10.1. The van der Waals surface area contributed by atoms with Gasteiger partial charge in [0, 0.05) is 6.08 Å². The molecule has 0 aromatic heterocycles. The third kappa shape index (κ3) is 14.9. The molecule has 0 aromatic carbocycles. The SMILES string of the molecule is C=COC(=O)C=CCCCCCCCCCCCC. The molecule has 2 heteroatoms. The van der Waals surface area contributed by atoms with Gasteiger partial charge in [-0.3, -0.25) is 0 Å². The van der Waals surface area contributed by atoms with Crippen LogP contribution in [0.25, 0.3) is 0 Å². The van der Waals surface area contributed by atoms with Crippen molar-refractivity contribution in [1.29, 1.82) is 0 Å². The van der Waals surface area contributed by atoms with E-state index in [1.807, 2.05) is 6.08 Å². The molecule has 0 N–H and O–H groups in total. The summed E-state index contributed by atoms with van der Waals surface area (Å²) in [5.74, 6) is -0.331. The third-order valence-electron chi connectivity index (χ3n) is 3.18. The number of unbranched alkanes of at least 4 members (excludes halogenated alkanes) is 10. The highest BCUT2D eigenvalue weighted by Gasteiger charge is 1.93. The van der Waals surface area contributed by atoms with E-state index in [9.17, 15) is 4.79 Å². The van der Waals surface area contributed by atoms with E-state index >= 15 is 0 Å². The number of ether oxygens (including phenoxy) is 1. The van der Waals surface area contributed by atoms with E-state index < -0.39 is 0 Å². The van der Waals surface area contributed by atoms with Crippen LogP contribution in [0.15, 0.2) is 25.0 Å². The van der Waals surface area contributed by atoms with Crippen molar-refractivity contribution in [3.05, 3.63) is 25.0 Å². The van der Waals surface area contributed by atoms with Crippen LogP contribution in [0.5, 0.6) is 0 Å². The number of hydrogen-bond donors (Lipinski definition) is 0. The van der Waals surface area contributed by atoms with E-state index in [2.05, 4.69) is 18.2 Å². The molecular formula is C17H30O2. The first-order valence-corrected chi connectivity index (χ1v) is 7.79. The van der Waals surface area contributed by atoms with Crippen molar-refractivity contribution in [1.82, 2.24) is 0 Å². The minimum atomic E-state index is -0.331. The zero-order valence-corrected chi connectivity index (χ0v) is 12.5. The molecule has 0 saturated carbocycles. The first kappa shape index (κ1) is 17.9. The summed E-state index contributed by atoms with van der Waals surface area (Å²) in [6.07, 6.45) is 18.9. The van der Waals surface area contributed by atoms with Crippen LogP contribution in [0.4, 0.5) is 0 Å². The second kappa shape index (κ2) is 15.0. The highest BCUT2D eigenvalue weighted by atomic mass is 16.5. The Morgan fingerprint density at radius 3 is 2.00 bits per heavy atom. The quantitative estimate of drug-likeness (QED) is 0.189. The van der Waals surface area contributed by atoms with Crippen molar-refractivity contribution in [3.63, 3.8) is 0 Å². The fraction of sp³-hybridized carbons (Fsp3) is 0.706. The molecule has 2 nitrogen and oxygen atoms in total. The molecule has 0 radical (unpaired) electrons. The minimum Gasteiger partial charge on any atom is -0.432 e. The second-order valence-electron chi connectivity index (χ2n) is 4.98. The van der Waals surface area contributed by atoms with Crippen LogP contribution in [-0.2, 0) is 9.53 Å². The van der Waals surface area contributed by atoms with Gasteiger partial charge >= 0.3 is 5.97 Å². The Balaban J connectivity index is 3.14. The standard InChI is InChI=1S/C17H30O2/c1-3-5-6-7-8-9-10-11-12-13-14-15-16-17(18)19-4-2/h4,15-16H,2-3,5-14H2,1H3. The van der Waals surface area contributed by atoms with E-state index in [0.717, 1.165) is 19.1 Å². The lowest BCUT2D eigenvalue weighted by Gasteiger charge is -2.01. The van der Waals surface area contributed by atoms with E-state index in [-0.39, 0.29) is 5.97 Å². The van der Waals surface area contributed by atoms with Crippen molar-refractivity contribution in [3.8, 4) is 0 Å². The summed E-state index contributed by atoms with van der Waals surface area (Å²) in [4.78, 5) is 10.9. The monoisotopic (exact) mass is 266 g/mol. The summed E-state index contributed by atoms with van der Waals surface area (Å²) < 4.78 is 4.58. The molecule has 0 atom stereocenters. The molecule has 110 valence electrons. The minimum absolute atomic E-state index is 0.331. The van der Waals surface area contributed by atoms with Gasteiger partial charge in [0.2, 0.25) is 0 Å². The van der Waals surface area contributed by atoms with E-state index in [4.69, 9.17) is 0 Å². The zero-order chi connectivity index (χ0) is 14.2. The topological polar surface area (TPSA) is 26.3 Å². The molecule has 0 bridgehead atoms. The van der Waals surface area contributed by atoms with Gasteiger partial charge in [-0.2, -0.15) is 0 Å². The maximum absolute atomic E-state index is 10.9. The van der Waals surface area contributed by atoms with Crippen LogP contribution in [0, 0.1) is 0 Å². The van der Waals surface area contributed by atoms with Crippen molar-refractivity contribution >= 4 is 5.97 Å². The van der Waals surface area contributed by atoms with Gasteiger partial charge in [0.05, 0.1) is 6.26 Å². The first-order valence-electron chi connectivity index (χ1n) is 7.79. The Hall–Kier alpha value is -1.05. The van der Waals surface area contributed by atoms with Gasteiger partial charge < -0.3 is 4.74 Å². The lowest BCUT2D eigenvalue weighted by Crippen LogP contribution is -1.92. The average Bonchev–Trinajstić information content (AvgIpc) is 2.40. The van der Waals surface area contributed by atoms with Gasteiger partial charge in [-0.25, -0.2) is 4.79 Å². The van der Waals surface area contributed by atoms with Crippen LogP contribution >= 0.6 is 0 Å². The van der Waals surface area contributed by atoms with Crippen LogP contribution in [0.1, 0.15) is 77.6 Å². The lowest BCUT2D eigenvalue weighted by molar-refractivity contribution is -0.132. The van der Waals surface area contributed by atoms with Crippen molar-refractivity contribution in [2.45, 2.75) is 77.6 Å². The Morgan fingerprint density at radius 2 is 1.47 bits per heavy atom. The maximum atomic E-state index is 10.9. The smallest absolute Gasteiger partial charge is 0.335 e. The molecule has 0 aliphatic carbocycles. The van der Waals surface area contributed by atoms with Crippen molar-refractivity contribution < 1.29 is 9.53 Å². The number of rotatable bonds is 13. The summed E-state index contributed by atoms with van der Waals surface area (Å²) in [5, 5.41) is 0. The Morgan fingerprint density at radius 1 is 0.947 bits per heavy atom. The fourth-order valence-corrected chi connectivity index (χ4v) is 2.05. The number of esters is 1. The number of carbonyl (C=O) groups is 1. The average molecular weight is 266 g/mol. The molecule has 0 aromatic rings. The van der Waals surface area contributed by atoms with Crippen LogP contribution in [0.2, 0.25) is 0 Å². The van der Waals surface area contributed by atoms with Crippen LogP contribution < -0.4 is 0 Å². The largest absolute Gasteiger partial charge is 0.432 e. The molecule has 0 rings (SSSR count). The predicted octanol–water partition coefficient (Wildman–Crippen LogP) is 5.54. The number of allylic oxidation sites excluding steroid dienone is 1. The fourth-order valence-electron chi connectivity index (χ4n) is 2.05. The highest BCUT2D eigenvalue weighted by Crippen LogP contribution is 2.11. The van der Waals surface area contributed by atoms with Crippen LogP contribution in [-0.4, -0.2) is 5.97 Å². The Labute approximate surface area is 118 Å². The summed E-state index contributed by atoms with van der Waals surface area (Å²) in [6.45, 7) is 5.59. The molecule has 0 spiro atoms. The van der Waals surface area contributed by atoms with E-state index in [1.165, 1.54) is 63.9 Å². The van der Waals surface area contributed by atoms with Crippen LogP contribution in [0.3, 0.4) is 0 Å². The molecule has 0 amide bonds. The second-order valence-corrected chi connectivity index (χ2v) is 4.98. The zero-order valence-electron chi connectivity index (χ0n) is 12.5. The van der Waals surface area contributed by atoms with E-state index in [0.29, 0.717) is 0 Å². The maximum Gasteiger partial charge on any atom is 0.335 e. The van der Waals surface area contributed by atoms with Crippen molar-refractivity contribution in [2.75, 3.05) is 0 Å². The number of hydrogen-bond acceptors (Lipinski definition) is 2. The van der Waals surface area contributed by atoms with Gasteiger partial charge in [-0.05, 0) is 12.8 Å². The van der Waals surface area contributed by atoms with Gasteiger partial charge in [-0.1, -0.05) is 77.4 Å². The predicted molar refractivity (Wildman–Crippen MR) is 81.9 cm³/mol. The normalized spacial score (nSPS) is 10.8. The van der Waals surface area contributed by atoms with E-state index in [1.54, 1.807) is 0 Å². The third-order valence-corrected chi connectivity index (χ3v) is 3.18. The number of carbonyl (C=O) groups excluding carboxylic acids is 1. The molecule has 0 fully saturated rings. The molecule has 0 aliphatic heterocycles. The molecule has 0 heterocycles. The molecule has 0 unspecified atom stereocenters. The summed E-state index contributed by atoms with van der Waals surface area (Å²) in [7, 11) is 0. The van der Waals surface area contributed by atoms with Gasteiger partial charge in [0.25, 0.3) is 0 Å². The molecule has 19 heavy (non-hydrogen) atoms. The molecule has 0 saturated heterocycles. The Bertz CT molecular complexity index is 244. The van der Waals surface area contributed by atoms with Gasteiger partial charge in [0.15, 0.2) is 0 Å². The first-order chi connectivity index (χ1) is 9.31. The summed E-state index contributed by atoms with van der Waals surface area (Å²) in [6, 6.07) is 0.